The highest BCUT2D eigenvalue weighted by molar-refractivity contribution is 7.09. The van der Waals surface area contributed by atoms with E-state index in [1.54, 1.807) is 11.3 Å². The van der Waals surface area contributed by atoms with Crippen LogP contribution in [0.3, 0.4) is 0 Å². The fourth-order valence-electron chi connectivity index (χ4n) is 3.05. The average Bonchev–Trinajstić information content (AvgIpc) is 3.16. The van der Waals surface area contributed by atoms with Gasteiger partial charge in [-0.15, -0.1) is 11.3 Å². The van der Waals surface area contributed by atoms with Crippen molar-refractivity contribution in [3.63, 3.8) is 0 Å². The molecule has 1 aromatic carbocycles. The van der Waals surface area contributed by atoms with E-state index in [9.17, 15) is 9.90 Å². The molecule has 0 aliphatic heterocycles. The number of amides is 1. The first-order valence-corrected chi connectivity index (χ1v) is 8.98. The molecule has 1 aliphatic rings. The van der Waals surface area contributed by atoms with Gasteiger partial charge in [-0.25, -0.2) is 4.98 Å². The summed E-state index contributed by atoms with van der Waals surface area (Å²) < 4.78 is 0. The Labute approximate surface area is 140 Å². The number of rotatable bonds is 5. The SMILES string of the molecule is Cc1nc(-c2ccc(CCNC(=O)C3CCCC3O)cc2)cs1. The van der Waals surface area contributed by atoms with Crippen molar-refractivity contribution in [3.05, 3.63) is 40.2 Å². The van der Waals surface area contributed by atoms with Gasteiger partial charge in [0.25, 0.3) is 0 Å². The first-order chi connectivity index (χ1) is 11.1. The highest BCUT2D eigenvalue weighted by atomic mass is 32.1. The van der Waals surface area contributed by atoms with E-state index in [1.165, 1.54) is 5.56 Å². The van der Waals surface area contributed by atoms with E-state index in [0.29, 0.717) is 6.54 Å². The quantitative estimate of drug-likeness (QED) is 0.886. The third-order valence-electron chi connectivity index (χ3n) is 4.40. The van der Waals surface area contributed by atoms with Crippen molar-refractivity contribution < 1.29 is 9.90 Å². The molecule has 1 amide bonds. The molecule has 1 saturated carbocycles. The summed E-state index contributed by atoms with van der Waals surface area (Å²) in [6, 6.07) is 8.32. The van der Waals surface area contributed by atoms with Crippen LogP contribution < -0.4 is 5.32 Å². The highest BCUT2D eigenvalue weighted by Gasteiger charge is 2.30. The summed E-state index contributed by atoms with van der Waals surface area (Å²) in [5, 5.41) is 15.8. The number of aromatic nitrogens is 1. The van der Waals surface area contributed by atoms with Crippen molar-refractivity contribution in [2.75, 3.05) is 6.54 Å². The van der Waals surface area contributed by atoms with Gasteiger partial charge in [0.1, 0.15) is 0 Å². The van der Waals surface area contributed by atoms with Gasteiger partial charge < -0.3 is 10.4 Å². The van der Waals surface area contributed by atoms with E-state index >= 15 is 0 Å². The van der Waals surface area contributed by atoms with Gasteiger partial charge in [-0.2, -0.15) is 0 Å². The lowest BCUT2D eigenvalue weighted by Gasteiger charge is -2.14. The number of thiazole rings is 1. The van der Waals surface area contributed by atoms with Crippen LogP contribution in [0.1, 0.15) is 29.8 Å². The zero-order valence-electron chi connectivity index (χ0n) is 13.3. The Morgan fingerprint density at radius 1 is 1.35 bits per heavy atom. The summed E-state index contributed by atoms with van der Waals surface area (Å²) in [4.78, 5) is 16.5. The maximum absolute atomic E-state index is 12.0. The highest BCUT2D eigenvalue weighted by Crippen LogP contribution is 2.25. The Bertz CT molecular complexity index is 666. The fourth-order valence-corrected chi connectivity index (χ4v) is 3.67. The molecule has 1 heterocycles. The lowest BCUT2D eigenvalue weighted by molar-refractivity contribution is -0.127. The minimum Gasteiger partial charge on any atom is -0.392 e. The normalized spacial score (nSPS) is 20.6. The standard InChI is InChI=1S/C18H22N2O2S/c1-12-20-16(11-23-12)14-7-5-13(6-8-14)9-10-19-18(22)15-3-2-4-17(15)21/h5-8,11,15,17,21H,2-4,9-10H2,1H3,(H,19,22). The van der Waals surface area contributed by atoms with E-state index in [4.69, 9.17) is 0 Å². The summed E-state index contributed by atoms with van der Waals surface area (Å²) in [5.74, 6) is -0.227. The number of aliphatic hydroxyl groups is 1. The molecule has 0 spiro atoms. The average molecular weight is 330 g/mol. The Kier molecular flexibility index (Phi) is 5.08. The molecule has 2 atom stereocenters. The minimum atomic E-state index is -0.462. The Morgan fingerprint density at radius 3 is 2.74 bits per heavy atom. The van der Waals surface area contributed by atoms with Crippen LogP contribution in [0.4, 0.5) is 0 Å². The third-order valence-corrected chi connectivity index (χ3v) is 5.17. The number of hydrogen-bond acceptors (Lipinski definition) is 4. The molecule has 122 valence electrons. The van der Waals surface area contributed by atoms with Crippen LogP contribution in [0.5, 0.6) is 0 Å². The molecule has 4 nitrogen and oxygen atoms in total. The monoisotopic (exact) mass is 330 g/mol. The van der Waals surface area contributed by atoms with Crippen molar-refractivity contribution in [2.24, 2.45) is 5.92 Å². The van der Waals surface area contributed by atoms with Gasteiger partial charge in [-0.3, -0.25) is 4.79 Å². The van der Waals surface area contributed by atoms with E-state index in [-0.39, 0.29) is 11.8 Å². The predicted octanol–water partition coefficient (Wildman–Crippen LogP) is 2.94. The molecule has 2 unspecified atom stereocenters. The molecule has 5 heteroatoms. The molecule has 2 N–H and O–H groups in total. The number of nitrogens with one attached hydrogen (secondary N) is 1. The van der Waals surface area contributed by atoms with Gasteiger partial charge in [-0.05, 0) is 38.2 Å². The zero-order valence-corrected chi connectivity index (χ0v) is 14.1. The second-order valence-corrected chi connectivity index (χ2v) is 7.16. The summed E-state index contributed by atoms with van der Waals surface area (Å²) in [6.45, 7) is 2.61. The first-order valence-electron chi connectivity index (χ1n) is 8.11. The number of aryl methyl sites for hydroxylation is 1. The molecule has 3 rings (SSSR count). The summed E-state index contributed by atoms with van der Waals surface area (Å²) in [6.07, 6.45) is 2.82. The lowest BCUT2D eigenvalue weighted by Crippen LogP contribution is -2.35. The van der Waals surface area contributed by atoms with Gasteiger partial charge in [0.15, 0.2) is 0 Å². The maximum Gasteiger partial charge on any atom is 0.225 e. The largest absolute Gasteiger partial charge is 0.392 e. The van der Waals surface area contributed by atoms with Crippen LogP contribution in [-0.2, 0) is 11.2 Å². The molecule has 0 radical (unpaired) electrons. The molecule has 1 aromatic heterocycles. The van der Waals surface area contributed by atoms with Gasteiger partial charge in [0, 0.05) is 17.5 Å². The molecule has 23 heavy (non-hydrogen) atoms. The molecular formula is C18H22N2O2S. The predicted molar refractivity (Wildman–Crippen MR) is 92.3 cm³/mol. The van der Waals surface area contributed by atoms with Crippen molar-refractivity contribution in [1.82, 2.24) is 10.3 Å². The molecule has 1 fully saturated rings. The topological polar surface area (TPSA) is 62.2 Å². The van der Waals surface area contributed by atoms with Crippen molar-refractivity contribution in [3.8, 4) is 11.3 Å². The Balaban J connectivity index is 1.50. The van der Waals surface area contributed by atoms with Gasteiger partial charge in [0.05, 0.1) is 22.7 Å². The minimum absolute atomic E-state index is 0.00966. The summed E-state index contributed by atoms with van der Waals surface area (Å²) in [5.41, 5.74) is 3.33. The number of carbonyl (C=O) groups excluding carboxylic acids is 1. The Morgan fingerprint density at radius 2 is 2.13 bits per heavy atom. The lowest BCUT2D eigenvalue weighted by atomic mass is 10.0. The summed E-state index contributed by atoms with van der Waals surface area (Å²) in [7, 11) is 0. The van der Waals surface area contributed by atoms with E-state index < -0.39 is 6.10 Å². The van der Waals surface area contributed by atoms with Crippen LogP contribution in [-0.4, -0.2) is 28.6 Å². The van der Waals surface area contributed by atoms with Crippen LogP contribution in [0.2, 0.25) is 0 Å². The van der Waals surface area contributed by atoms with Crippen LogP contribution >= 0.6 is 11.3 Å². The smallest absolute Gasteiger partial charge is 0.225 e. The van der Waals surface area contributed by atoms with E-state index in [2.05, 4.69) is 39.9 Å². The van der Waals surface area contributed by atoms with Crippen LogP contribution in [0, 0.1) is 12.8 Å². The van der Waals surface area contributed by atoms with Crippen molar-refractivity contribution >= 4 is 17.2 Å². The van der Waals surface area contributed by atoms with Gasteiger partial charge >= 0.3 is 0 Å². The van der Waals surface area contributed by atoms with Crippen LogP contribution in [0.15, 0.2) is 29.6 Å². The molecule has 0 saturated heterocycles. The molecular weight excluding hydrogens is 308 g/mol. The Hall–Kier alpha value is -1.72. The number of benzene rings is 1. The second-order valence-electron chi connectivity index (χ2n) is 6.09. The fraction of sp³-hybridized carbons (Fsp3) is 0.444. The van der Waals surface area contributed by atoms with E-state index in [0.717, 1.165) is 41.9 Å². The number of nitrogens with zero attached hydrogens (tertiary/aromatic N) is 1. The number of hydrogen-bond donors (Lipinski definition) is 2. The maximum atomic E-state index is 12.0. The van der Waals surface area contributed by atoms with E-state index in [1.807, 2.05) is 6.92 Å². The van der Waals surface area contributed by atoms with Crippen molar-refractivity contribution in [2.45, 2.75) is 38.7 Å². The molecule has 1 aliphatic carbocycles. The third kappa shape index (κ3) is 3.98. The number of carbonyl (C=O) groups is 1. The molecule has 2 aromatic rings. The summed E-state index contributed by atoms with van der Waals surface area (Å²) >= 11 is 1.65. The van der Waals surface area contributed by atoms with Crippen LogP contribution in [0.25, 0.3) is 11.3 Å². The van der Waals surface area contributed by atoms with Gasteiger partial charge in [0.2, 0.25) is 5.91 Å². The molecule has 0 bridgehead atoms. The zero-order chi connectivity index (χ0) is 16.2. The van der Waals surface area contributed by atoms with Gasteiger partial charge in [-0.1, -0.05) is 24.3 Å². The van der Waals surface area contributed by atoms with Crippen molar-refractivity contribution in [1.29, 1.82) is 0 Å². The first kappa shape index (κ1) is 16.1. The second kappa shape index (κ2) is 7.23. The number of aliphatic hydroxyl groups excluding tert-OH is 1.